The molecule has 0 radical (unpaired) electrons. The summed E-state index contributed by atoms with van der Waals surface area (Å²) in [6.45, 7) is 3.12. The molecule has 4 nitrogen and oxygen atoms in total. The van der Waals surface area contributed by atoms with Crippen LogP contribution >= 0.6 is 0 Å². The van der Waals surface area contributed by atoms with E-state index in [0.717, 1.165) is 17.7 Å². The molecule has 1 atom stereocenters. The molecule has 17 heavy (non-hydrogen) atoms. The van der Waals surface area contributed by atoms with Crippen molar-refractivity contribution >= 4 is 11.6 Å². The topological polar surface area (TPSA) is 55.6 Å². The highest BCUT2D eigenvalue weighted by atomic mass is 16.5. The normalized spacial score (nSPS) is 16.5. The van der Waals surface area contributed by atoms with Gasteiger partial charge in [0, 0.05) is 25.9 Å². The van der Waals surface area contributed by atoms with Crippen molar-refractivity contribution in [3.05, 3.63) is 29.3 Å². The van der Waals surface area contributed by atoms with Crippen molar-refractivity contribution in [3.8, 4) is 0 Å². The van der Waals surface area contributed by atoms with Crippen LogP contribution in [0.2, 0.25) is 0 Å². The number of nitrogens with two attached hydrogens (primary N) is 1. The number of amides is 1. The van der Waals surface area contributed by atoms with Gasteiger partial charge in [0.2, 0.25) is 0 Å². The van der Waals surface area contributed by atoms with Gasteiger partial charge in [-0.05, 0) is 30.5 Å². The molecular formula is C13H18N2O2. The second kappa shape index (κ2) is 4.75. The Morgan fingerprint density at radius 1 is 1.53 bits per heavy atom. The van der Waals surface area contributed by atoms with Crippen LogP contribution in [-0.4, -0.2) is 30.6 Å². The van der Waals surface area contributed by atoms with E-state index < -0.39 is 0 Å². The number of methoxy groups -OCH3 is 1. The average molecular weight is 234 g/mol. The molecular weight excluding hydrogens is 216 g/mol. The van der Waals surface area contributed by atoms with Gasteiger partial charge in [-0.15, -0.1) is 0 Å². The van der Waals surface area contributed by atoms with E-state index in [-0.39, 0.29) is 12.0 Å². The zero-order valence-electron chi connectivity index (χ0n) is 10.3. The van der Waals surface area contributed by atoms with Crippen LogP contribution in [0, 0.1) is 0 Å². The molecule has 2 N–H and O–H groups in total. The monoisotopic (exact) mass is 234 g/mol. The van der Waals surface area contributed by atoms with Crippen molar-refractivity contribution in [1.29, 1.82) is 0 Å². The predicted octanol–water partition coefficient (Wildman–Crippen LogP) is 1.19. The zero-order chi connectivity index (χ0) is 12.4. The zero-order valence-corrected chi connectivity index (χ0v) is 10.3. The Hall–Kier alpha value is -1.55. The van der Waals surface area contributed by atoms with Gasteiger partial charge in [-0.3, -0.25) is 4.79 Å². The SMILES string of the molecule is COC(C)C(=O)N1CCc2c(N)cccc2C1. The Morgan fingerprint density at radius 2 is 2.29 bits per heavy atom. The quantitative estimate of drug-likeness (QED) is 0.782. The fourth-order valence-electron chi connectivity index (χ4n) is 2.19. The maximum atomic E-state index is 12.0. The van der Waals surface area contributed by atoms with E-state index in [1.54, 1.807) is 14.0 Å². The molecule has 1 aliphatic rings. The largest absolute Gasteiger partial charge is 0.398 e. The van der Waals surface area contributed by atoms with Crippen LogP contribution in [0.3, 0.4) is 0 Å². The van der Waals surface area contributed by atoms with Gasteiger partial charge in [-0.25, -0.2) is 0 Å². The minimum absolute atomic E-state index is 0.0422. The smallest absolute Gasteiger partial charge is 0.251 e. The number of hydrogen-bond acceptors (Lipinski definition) is 3. The number of ether oxygens (including phenoxy) is 1. The van der Waals surface area contributed by atoms with Gasteiger partial charge in [0.05, 0.1) is 0 Å². The number of carbonyl (C=O) groups excluding carboxylic acids is 1. The van der Waals surface area contributed by atoms with Crippen LogP contribution in [0.4, 0.5) is 5.69 Å². The van der Waals surface area contributed by atoms with Crippen molar-refractivity contribution in [1.82, 2.24) is 4.90 Å². The molecule has 0 spiro atoms. The van der Waals surface area contributed by atoms with Crippen molar-refractivity contribution < 1.29 is 9.53 Å². The number of nitrogen functional groups attached to an aromatic ring is 1. The fraction of sp³-hybridized carbons (Fsp3) is 0.462. The Bertz CT molecular complexity index is 431. The van der Waals surface area contributed by atoms with Crippen LogP contribution in [0.25, 0.3) is 0 Å². The van der Waals surface area contributed by atoms with Crippen molar-refractivity contribution in [2.45, 2.75) is 26.0 Å². The first kappa shape index (κ1) is 11.9. The van der Waals surface area contributed by atoms with Gasteiger partial charge < -0.3 is 15.4 Å². The van der Waals surface area contributed by atoms with Gasteiger partial charge in [-0.2, -0.15) is 0 Å². The molecule has 0 saturated carbocycles. The molecule has 1 heterocycles. The summed E-state index contributed by atoms with van der Waals surface area (Å²) >= 11 is 0. The Morgan fingerprint density at radius 3 is 3.00 bits per heavy atom. The van der Waals surface area contributed by atoms with Crippen LogP contribution in [0.5, 0.6) is 0 Å². The van der Waals surface area contributed by atoms with Crippen LogP contribution in [0.15, 0.2) is 18.2 Å². The van der Waals surface area contributed by atoms with Gasteiger partial charge in [0.1, 0.15) is 6.10 Å². The summed E-state index contributed by atoms with van der Waals surface area (Å²) in [4.78, 5) is 13.8. The third-order valence-electron chi connectivity index (χ3n) is 3.32. The number of rotatable bonds is 2. The van der Waals surface area contributed by atoms with E-state index in [1.165, 1.54) is 5.56 Å². The van der Waals surface area contributed by atoms with E-state index in [2.05, 4.69) is 0 Å². The molecule has 1 aromatic rings. The maximum Gasteiger partial charge on any atom is 0.251 e. The third kappa shape index (κ3) is 2.26. The van der Waals surface area contributed by atoms with Crippen LogP contribution in [-0.2, 0) is 22.5 Å². The van der Waals surface area contributed by atoms with Crippen molar-refractivity contribution in [2.75, 3.05) is 19.4 Å². The third-order valence-corrected chi connectivity index (χ3v) is 3.32. The molecule has 1 unspecified atom stereocenters. The number of nitrogens with zero attached hydrogens (tertiary/aromatic N) is 1. The second-order valence-electron chi connectivity index (χ2n) is 4.37. The van der Waals surface area contributed by atoms with Crippen molar-refractivity contribution in [3.63, 3.8) is 0 Å². The average Bonchev–Trinajstić information content (AvgIpc) is 2.37. The molecule has 1 aliphatic heterocycles. The second-order valence-corrected chi connectivity index (χ2v) is 4.37. The van der Waals surface area contributed by atoms with Gasteiger partial charge >= 0.3 is 0 Å². The number of anilines is 1. The Kier molecular flexibility index (Phi) is 3.33. The van der Waals surface area contributed by atoms with Crippen molar-refractivity contribution in [2.24, 2.45) is 0 Å². The summed E-state index contributed by atoms with van der Waals surface area (Å²) in [5, 5.41) is 0. The molecule has 4 heteroatoms. The fourth-order valence-corrected chi connectivity index (χ4v) is 2.19. The lowest BCUT2D eigenvalue weighted by Gasteiger charge is -2.31. The van der Waals surface area contributed by atoms with E-state index in [1.807, 2.05) is 23.1 Å². The summed E-state index contributed by atoms with van der Waals surface area (Å²) in [6, 6.07) is 5.87. The molecule has 2 rings (SSSR count). The van der Waals surface area contributed by atoms with Gasteiger partial charge in [0.15, 0.2) is 0 Å². The highest BCUT2D eigenvalue weighted by molar-refractivity contribution is 5.81. The van der Waals surface area contributed by atoms with Crippen LogP contribution in [0.1, 0.15) is 18.1 Å². The lowest BCUT2D eigenvalue weighted by atomic mass is 9.98. The summed E-state index contributed by atoms with van der Waals surface area (Å²) in [5.41, 5.74) is 9.08. The standard InChI is InChI=1S/C13H18N2O2/c1-9(17-2)13(16)15-7-6-11-10(8-15)4-3-5-12(11)14/h3-5,9H,6-8,14H2,1-2H3. The minimum Gasteiger partial charge on any atom is -0.398 e. The molecule has 1 amide bonds. The number of benzene rings is 1. The highest BCUT2D eigenvalue weighted by Gasteiger charge is 2.25. The summed E-state index contributed by atoms with van der Waals surface area (Å²) in [7, 11) is 1.55. The van der Waals surface area contributed by atoms with E-state index >= 15 is 0 Å². The highest BCUT2D eigenvalue weighted by Crippen LogP contribution is 2.24. The van der Waals surface area contributed by atoms with Crippen LogP contribution < -0.4 is 5.73 Å². The molecule has 0 saturated heterocycles. The summed E-state index contributed by atoms with van der Waals surface area (Å²) in [5.74, 6) is 0.0422. The molecule has 0 bridgehead atoms. The lowest BCUT2D eigenvalue weighted by Crippen LogP contribution is -2.41. The molecule has 0 fully saturated rings. The molecule has 0 aliphatic carbocycles. The Balaban J connectivity index is 2.16. The number of fused-ring (bicyclic) bond motifs is 1. The number of carbonyl (C=O) groups is 1. The first-order valence-electron chi connectivity index (χ1n) is 5.81. The first-order valence-corrected chi connectivity index (χ1v) is 5.81. The molecule has 92 valence electrons. The van der Waals surface area contributed by atoms with Gasteiger partial charge in [-0.1, -0.05) is 12.1 Å². The summed E-state index contributed by atoms with van der Waals surface area (Å²) in [6.07, 6.45) is 0.446. The molecule has 1 aromatic carbocycles. The van der Waals surface area contributed by atoms with E-state index in [4.69, 9.17) is 10.5 Å². The number of hydrogen-bond donors (Lipinski definition) is 1. The lowest BCUT2D eigenvalue weighted by molar-refractivity contribution is -0.141. The molecule has 0 aromatic heterocycles. The minimum atomic E-state index is -0.377. The Labute approximate surface area is 101 Å². The van der Waals surface area contributed by atoms with E-state index in [9.17, 15) is 4.79 Å². The summed E-state index contributed by atoms with van der Waals surface area (Å²) < 4.78 is 5.06. The first-order chi connectivity index (χ1) is 8.13. The maximum absolute atomic E-state index is 12.0. The predicted molar refractivity (Wildman–Crippen MR) is 66.4 cm³/mol. The van der Waals surface area contributed by atoms with E-state index in [0.29, 0.717) is 13.1 Å². The van der Waals surface area contributed by atoms with Gasteiger partial charge in [0.25, 0.3) is 5.91 Å².